The summed E-state index contributed by atoms with van der Waals surface area (Å²) in [7, 11) is 1.98. The quantitative estimate of drug-likeness (QED) is 0.876. The van der Waals surface area contributed by atoms with E-state index in [-0.39, 0.29) is 5.91 Å². The highest BCUT2D eigenvalue weighted by Crippen LogP contribution is 2.13. The predicted molar refractivity (Wildman–Crippen MR) is 83.2 cm³/mol. The summed E-state index contributed by atoms with van der Waals surface area (Å²) in [6, 6.07) is 7.67. The van der Waals surface area contributed by atoms with Crippen molar-refractivity contribution in [3.05, 3.63) is 29.3 Å². The Morgan fingerprint density at radius 1 is 1.40 bits per heavy atom. The smallest absolute Gasteiger partial charge is 0.238 e. The van der Waals surface area contributed by atoms with Crippen molar-refractivity contribution in [3.63, 3.8) is 0 Å². The second kappa shape index (κ2) is 7.62. The van der Waals surface area contributed by atoms with Crippen LogP contribution in [0.1, 0.15) is 19.3 Å². The summed E-state index contributed by atoms with van der Waals surface area (Å²) >= 11 is 5.81. The SMILES string of the molecule is CN(CC(=O)Nc1ccc(Cl)cc1)CC1CCCCN1. The van der Waals surface area contributed by atoms with Gasteiger partial charge in [-0.25, -0.2) is 0 Å². The van der Waals surface area contributed by atoms with Crippen molar-refractivity contribution in [2.45, 2.75) is 25.3 Å². The van der Waals surface area contributed by atoms with Gasteiger partial charge >= 0.3 is 0 Å². The zero-order valence-electron chi connectivity index (χ0n) is 11.9. The van der Waals surface area contributed by atoms with Gasteiger partial charge in [0.05, 0.1) is 6.54 Å². The molecule has 1 aromatic rings. The molecule has 0 bridgehead atoms. The van der Waals surface area contributed by atoms with Crippen LogP contribution in [0, 0.1) is 0 Å². The summed E-state index contributed by atoms with van der Waals surface area (Å²) in [5.74, 6) is 0.00521. The molecule has 1 aromatic carbocycles. The highest BCUT2D eigenvalue weighted by Gasteiger charge is 2.16. The Morgan fingerprint density at radius 3 is 2.80 bits per heavy atom. The molecule has 0 saturated carbocycles. The molecule has 1 fully saturated rings. The number of nitrogens with one attached hydrogen (secondary N) is 2. The standard InChI is InChI=1S/C15H22ClN3O/c1-19(10-14-4-2-3-9-17-14)11-15(20)18-13-7-5-12(16)6-8-13/h5-8,14,17H,2-4,9-11H2,1H3,(H,18,20). The number of halogens is 1. The molecule has 1 amide bonds. The number of rotatable bonds is 5. The van der Waals surface area contributed by atoms with Gasteiger partial charge in [0.1, 0.15) is 0 Å². The first-order valence-corrected chi connectivity index (χ1v) is 7.48. The van der Waals surface area contributed by atoms with Crippen molar-refractivity contribution in [2.75, 3.05) is 32.0 Å². The Balaban J connectivity index is 1.74. The maximum atomic E-state index is 11.9. The molecule has 2 rings (SSSR count). The summed E-state index contributed by atoms with van der Waals surface area (Å²) in [6.07, 6.45) is 3.74. The van der Waals surface area contributed by atoms with Gasteiger partial charge in [-0.2, -0.15) is 0 Å². The van der Waals surface area contributed by atoms with Crippen LogP contribution in [-0.2, 0) is 4.79 Å². The molecule has 4 nitrogen and oxygen atoms in total. The van der Waals surface area contributed by atoms with Gasteiger partial charge in [-0.3, -0.25) is 9.69 Å². The number of nitrogens with zero attached hydrogens (tertiary/aromatic N) is 1. The number of anilines is 1. The van der Waals surface area contributed by atoms with Gasteiger partial charge in [0.2, 0.25) is 5.91 Å². The minimum Gasteiger partial charge on any atom is -0.325 e. The minimum atomic E-state index is 0.00521. The number of piperidine rings is 1. The molecule has 0 aliphatic carbocycles. The molecule has 2 N–H and O–H groups in total. The number of hydrogen-bond acceptors (Lipinski definition) is 3. The van der Waals surface area contributed by atoms with E-state index in [4.69, 9.17) is 11.6 Å². The minimum absolute atomic E-state index is 0.00521. The maximum absolute atomic E-state index is 11.9. The van der Waals surface area contributed by atoms with Crippen molar-refractivity contribution >= 4 is 23.2 Å². The molecular formula is C15H22ClN3O. The van der Waals surface area contributed by atoms with Crippen LogP contribution >= 0.6 is 11.6 Å². The first-order chi connectivity index (χ1) is 9.63. The Labute approximate surface area is 125 Å². The molecular weight excluding hydrogens is 274 g/mol. The van der Waals surface area contributed by atoms with Gasteiger partial charge < -0.3 is 10.6 Å². The summed E-state index contributed by atoms with van der Waals surface area (Å²) in [6.45, 7) is 2.41. The fourth-order valence-electron chi connectivity index (χ4n) is 2.50. The molecule has 1 saturated heterocycles. The summed E-state index contributed by atoms with van der Waals surface area (Å²) in [4.78, 5) is 14.0. The molecule has 1 aliphatic rings. The lowest BCUT2D eigenvalue weighted by molar-refractivity contribution is -0.117. The third-order valence-corrected chi connectivity index (χ3v) is 3.74. The number of likely N-dealkylation sites (N-methyl/N-ethyl adjacent to an activating group) is 1. The van der Waals surface area contributed by atoms with Crippen molar-refractivity contribution in [3.8, 4) is 0 Å². The first kappa shape index (κ1) is 15.3. The number of carbonyl (C=O) groups excluding carboxylic acids is 1. The molecule has 1 unspecified atom stereocenters. The average Bonchev–Trinajstić information content (AvgIpc) is 2.42. The average molecular weight is 296 g/mol. The number of carbonyl (C=O) groups is 1. The lowest BCUT2D eigenvalue weighted by Crippen LogP contribution is -2.44. The van der Waals surface area contributed by atoms with Crippen molar-refractivity contribution in [2.24, 2.45) is 0 Å². The van der Waals surface area contributed by atoms with E-state index in [2.05, 4.69) is 15.5 Å². The summed E-state index contributed by atoms with van der Waals surface area (Å²) in [5, 5.41) is 7.04. The van der Waals surface area contributed by atoms with E-state index in [0.717, 1.165) is 18.8 Å². The van der Waals surface area contributed by atoms with E-state index in [1.807, 2.05) is 19.2 Å². The maximum Gasteiger partial charge on any atom is 0.238 e. The highest BCUT2D eigenvalue weighted by atomic mass is 35.5. The third kappa shape index (κ3) is 5.12. The molecule has 0 spiro atoms. The van der Waals surface area contributed by atoms with Gasteiger partial charge in [0, 0.05) is 23.3 Å². The Hall–Kier alpha value is -1.10. The third-order valence-electron chi connectivity index (χ3n) is 3.49. The second-order valence-electron chi connectivity index (χ2n) is 5.40. The zero-order chi connectivity index (χ0) is 14.4. The normalized spacial score (nSPS) is 19.1. The Morgan fingerprint density at radius 2 is 2.15 bits per heavy atom. The molecule has 1 atom stereocenters. The second-order valence-corrected chi connectivity index (χ2v) is 5.84. The van der Waals surface area contributed by atoms with E-state index in [9.17, 15) is 4.79 Å². The lowest BCUT2D eigenvalue weighted by atomic mass is 10.0. The highest BCUT2D eigenvalue weighted by molar-refractivity contribution is 6.30. The number of benzene rings is 1. The van der Waals surface area contributed by atoms with Gasteiger partial charge in [0.15, 0.2) is 0 Å². The topological polar surface area (TPSA) is 44.4 Å². The Bertz CT molecular complexity index is 429. The van der Waals surface area contributed by atoms with Crippen molar-refractivity contribution < 1.29 is 4.79 Å². The summed E-state index contributed by atoms with van der Waals surface area (Å²) in [5.41, 5.74) is 0.781. The molecule has 110 valence electrons. The van der Waals surface area contributed by atoms with Crippen LogP contribution in [0.15, 0.2) is 24.3 Å². The van der Waals surface area contributed by atoms with Crippen LogP contribution in [0.2, 0.25) is 5.02 Å². The van der Waals surface area contributed by atoms with Gasteiger partial charge in [-0.15, -0.1) is 0 Å². The fraction of sp³-hybridized carbons (Fsp3) is 0.533. The van der Waals surface area contributed by atoms with E-state index in [0.29, 0.717) is 17.6 Å². The van der Waals surface area contributed by atoms with Crippen molar-refractivity contribution in [1.29, 1.82) is 0 Å². The number of hydrogen-bond donors (Lipinski definition) is 2. The molecule has 0 radical (unpaired) electrons. The van der Waals surface area contributed by atoms with E-state index in [1.54, 1.807) is 12.1 Å². The number of amides is 1. The van der Waals surface area contributed by atoms with Crippen LogP contribution in [0.4, 0.5) is 5.69 Å². The van der Waals surface area contributed by atoms with Gasteiger partial charge in [-0.05, 0) is 50.7 Å². The lowest BCUT2D eigenvalue weighted by Gasteiger charge is -2.27. The zero-order valence-corrected chi connectivity index (χ0v) is 12.6. The first-order valence-electron chi connectivity index (χ1n) is 7.11. The van der Waals surface area contributed by atoms with E-state index >= 15 is 0 Å². The molecule has 20 heavy (non-hydrogen) atoms. The molecule has 0 aromatic heterocycles. The van der Waals surface area contributed by atoms with Crippen LogP contribution in [0.25, 0.3) is 0 Å². The van der Waals surface area contributed by atoms with Crippen LogP contribution in [0.5, 0.6) is 0 Å². The largest absolute Gasteiger partial charge is 0.325 e. The predicted octanol–water partition coefficient (Wildman–Crippen LogP) is 2.35. The monoisotopic (exact) mass is 295 g/mol. The van der Waals surface area contributed by atoms with Crippen LogP contribution in [-0.4, -0.2) is 43.5 Å². The van der Waals surface area contributed by atoms with Crippen molar-refractivity contribution in [1.82, 2.24) is 10.2 Å². The van der Waals surface area contributed by atoms with Crippen LogP contribution in [0.3, 0.4) is 0 Å². The van der Waals surface area contributed by atoms with Crippen LogP contribution < -0.4 is 10.6 Å². The molecule has 1 heterocycles. The Kier molecular flexibility index (Phi) is 5.83. The van der Waals surface area contributed by atoms with E-state index in [1.165, 1.54) is 19.3 Å². The molecule has 1 aliphatic heterocycles. The summed E-state index contributed by atoms with van der Waals surface area (Å²) < 4.78 is 0. The van der Waals surface area contributed by atoms with Gasteiger partial charge in [-0.1, -0.05) is 18.0 Å². The fourth-order valence-corrected chi connectivity index (χ4v) is 2.63. The van der Waals surface area contributed by atoms with E-state index < -0.39 is 0 Å². The molecule has 5 heteroatoms. The van der Waals surface area contributed by atoms with Gasteiger partial charge in [0.25, 0.3) is 0 Å².